The van der Waals surface area contributed by atoms with Crippen molar-refractivity contribution >= 4 is 39.9 Å². The Morgan fingerprint density at radius 1 is 1.47 bits per heavy atom. The SMILES string of the molecule is Cc1csc(Nc2cc(C(=O)O)cc(Cl)n2)n1. The van der Waals surface area contributed by atoms with Gasteiger partial charge in [0, 0.05) is 5.38 Å². The van der Waals surface area contributed by atoms with Gasteiger partial charge in [-0.25, -0.2) is 14.8 Å². The van der Waals surface area contributed by atoms with Crippen LogP contribution in [0.25, 0.3) is 0 Å². The van der Waals surface area contributed by atoms with Gasteiger partial charge < -0.3 is 10.4 Å². The lowest BCUT2D eigenvalue weighted by Gasteiger charge is -2.03. The highest BCUT2D eigenvalue weighted by molar-refractivity contribution is 7.13. The number of pyridine rings is 1. The van der Waals surface area contributed by atoms with Gasteiger partial charge in [0.2, 0.25) is 0 Å². The molecule has 88 valence electrons. The molecular formula is C10H8ClN3O2S. The highest BCUT2D eigenvalue weighted by atomic mass is 35.5. The molecule has 2 rings (SSSR count). The molecule has 2 heterocycles. The highest BCUT2D eigenvalue weighted by Crippen LogP contribution is 2.21. The van der Waals surface area contributed by atoms with Gasteiger partial charge in [-0.05, 0) is 19.1 Å². The minimum atomic E-state index is -1.05. The maximum atomic E-state index is 10.8. The summed E-state index contributed by atoms with van der Waals surface area (Å²) < 4.78 is 0. The summed E-state index contributed by atoms with van der Waals surface area (Å²) in [5.41, 5.74) is 0.971. The van der Waals surface area contributed by atoms with Gasteiger partial charge in [-0.3, -0.25) is 0 Å². The Morgan fingerprint density at radius 2 is 2.24 bits per heavy atom. The fraction of sp³-hybridized carbons (Fsp3) is 0.100. The summed E-state index contributed by atoms with van der Waals surface area (Å²) in [6.45, 7) is 1.87. The van der Waals surface area contributed by atoms with Gasteiger partial charge in [-0.15, -0.1) is 11.3 Å². The molecule has 17 heavy (non-hydrogen) atoms. The van der Waals surface area contributed by atoms with E-state index in [2.05, 4.69) is 15.3 Å². The number of carboxylic acid groups (broad SMARTS) is 1. The second-order valence-electron chi connectivity index (χ2n) is 3.29. The van der Waals surface area contributed by atoms with Crippen LogP contribution in [0.5, 0.6) is 0 Å². The fourth-order valence-electron chi connectivity index (χ4n) is 1.21. The third kappa shape index (κ3) is 2.92. The quantitative estimate of drug-likeness (QED) is 0.838. The van der Waals surface area contributed by atoms with Crippen molar-refractivity contribution in [3.05, 3.63) is 33.9 Å². The number of aryl methyl sites for hydroxylation is 1. The van der Waals surface area contributed by atoms with E-state index in [1.165, 1.54) is 23.5 Å². The molecule has 0 atom stereocenters. The second kappa shape index (κ2) is 4.68. The second-order valence-corrected chi connectivity index (χ2v) is 4.53. The number of thiazole rings is 1. The van der Waals surface area contributed by atoms with Gasteiger partial charge in [-0.2, -0.15) is 0 Å². The van der Waals surface area contributed by atoms with E-state index >= 15 is 0 Å². The molecule has 0 aromatic carbocycles. The Hall–Kier alpha value is -1.66. The molecular weight excluding hydrogens is 262 g/mol. The van der Waals surface area contributed by atoms with Crippen molar-refractivity contribution in [2.45, 2.75) is 6.92 Å². The summed E-state index contributed by atoms with van der Waals surface area (Å²) in [6.07, 6.45) is 0. The lowest BCUT2D eigenvalue weighted by Crippen LogP contribution is -2.00. The topological polar surface area (TPSA) is 75.1 Å². The number of carboxylic acids is 1. The summed E-state index contributed by atoms with van der Waals surface area (Å²) in [5, 5.41) is 14.4. The number of carbonyl (C=O) groups is 1. The minimum Gasteiger partial charge on any atom is -0.478 e. The smallest absolute Gasteiger partial charge is 0.335 e. The number of hydrogen-bond donors (Lipinski definition) is 2. The van der Waals surface area contributed by atoms with E-state index in [4.69, 9.17) is 16.7 Å². The van der Waals surface area contributed by atoms with Crippen LogP contribution in [0, 0.1) is 6.92 Å². The Bertz CT molecular complexity index is 570. The minimum absolute atomic E-state index is 0.0841. The molecule has 0 saturated carbocycles. The number of aromatic nitrogens is 2. The third-order valence-corrected chi connectivity index (χ3v) is 2.96. The summed E-state index contributed by atoms with van der Waals surface area (Å²) in [4.78, 5) is 19.0. The van der Waals surface area contributed by atoms with Crippen LogP contribution in [0.4, 0.5) is 10.9 Å². The molecule has 7 heteroatoms. The van der Waals surface area contributed by atoms with Crippen LogP contribution in [-0.2, 0) is 0 Å². The molecule has 0 saturated heterocycles. The number of hydrogen-bond acceptors (Lipinski definition) is 5. The zero-order valence-electron chi connectivity index (χ0n) is 8.77. The summed E-state index contributed by atoms with van der Waals surface area (Å²) in [5.74, 6) is -0.683. The van der Waals surface area contributed by atoms with Crippen molar-refractivity contribution in [1.82, 2.24) is 9.97 Å². The van der Waals surface area contributed by atoms with E-state index in [1.807, 2.05) is 12.3 Å². The largest absolute Gasteiger partial charge is 0.478 e. The summed E-state index contributed by atoms with van der Waals surface area (Å²) >= 11 is 7.15. The summed E-state index contributed by atoms with van der Waals surface area (Å²) in [7, 11) is 0. The average Bonchev–Trinajstić information content (AvgIpc) is 2.63. The number of nitrogens with one attached hydrogen (secondary N) is 1. The van der Waals surface area contributed by atoms with E-state index < -0.39 is 5.97 Å². The number of aromatic carboxylic acids is 1. The number of anilines is 2. The first-order valence-electron chi connectivity index (χ1n) is 4.64. The van der Waals surface area contributed by atoms with E-state index in [9.17, 15) is 4.79 Å². The molecule has 0 aliphatic carbocycles. The fourth-order valence-corrected chi connectivity index (χ4v) is 2.11. The Morgan fingerprint density at radius 3 is 2.82 bits per heavy atom. The van der Waals surface area contributed by atoms with Crippen LogP contribution in [0.15, 0.2) is 17.5 Å². The van der Waals surface area contributed by atoms with Crippen molar-refractivity contribution in [2.75, 3.05) is 5.32 Å². The molecule has 0 radical (unpaired) electrons. The van der Waals surface area contributed by atoms with Crippen LogP contribution in [0.3, 0.4) is 0 Å². The van der Waals surface area contributed by atoms with Crippen LogP contribution < -0.4 is 5.32 Å². The molecule has 0 aliphatic heterocycles. The van der Waals surface area contributed by atoms with Crippen molar-refractivity contribution in [1.29, 1.82) is 0 Å². The van der Waals surface area contributed by atoms with Gasteiger partial charge in [-0.1, -0.05) is 11.6 Å². The first kappa shape index (κ1) is 11.8. The molecule has 2 N–H and O–H groups in total. The van der Waals surface area contributed by atoms with Crippen LogP contribution >= 0.6 is 22.9 Å². The van der Waals surface area contributed by atoms with Crippen LogP contribution in [-0.4, -0.2) is 21.0 Å². The number of nitrogens with zero attached hydrogens (tertiary/aromatic N) is 2. The molecule has 0 fully saturated rings. The van der Waals surface area contributed by atoms with Gasteiger partial charge in [0.05, 0.1) is 11.3 Å². The predicted octanol–water partition coefficient (Wildman–Crippen LogP) is 2.94. The van der Waals surface area contributed by atoms with Crippen molar-refractivity contribution in [3.8, 4) is 0 Å². The number of rotatable bonds is 3. The zero-order valence-corrected chi connectivity index (χ0v) is 10.3. The molecule has 0 unspecified atom stereocenters. The Kier molecular flexibility index (Phi) is 3.26. The predicted molar refractivity (Wildman–Crippen MR) is 66.3 cm³/mol. The lowest BCUT2D eigenvalue weighted by atomic mass is 10.2. The van der Waals surface area contributed by atoms with Crippen LogP contribution in [0.2, 0.25) is 5.15 Å². The van der Waals surface area contributed by atoms with Gasteiger partial charge in [0.25, 0.3) is 0 Å². The van der Waals surface area contributed by atoms with Crippen molar-refractivity contribution < 1.29 is 9.90 Å². The molecule has 5 nitrogen and oxygen atoms in total. The highest BCUT2D eigenvalue weighted by Gasteiger charge is 2.08. The lowest BCUT2D eigenvalue weighted by molar-refractivity contribution is 0.0697. The van der Waals surface area contributed by atoms with Crippen LogP contribution in [0.1, 0.15) is 16.1 Å². The first-order valence-corrected chi connectivity index (χ1v) is 5.90. The average molecular weight is 270 g/mol. The van der Waals surface area contributed by atoms with Crippen molar-refractivity contribution in [2.24, 2.45) is 0 Å². The van der Waals surface area contributed by atoms with E-state index in [0.29, 0.717) is 10.9 Å². The van der Waals surface area contributed by atoms with Gasteiger partial charge >= 0.3 is 5.97 Å². The molecule has 2 aromatic heterocycles. The van der Waals surface area contributed by atoms with Crippen molar-refractivity contribution in [3.63, 3.8) is 0 Å². The Labute approximate surface area is 106 Å². The number of halogens is 1. The van der Waals surface area contributed by atoms with E-state index in [0.717, 1.165) is 5.69 Å². The van der Waals surface area contributed by atoms with E-state index in [1.54, 1.807) is 0 Å². The third-order valence-electron chi connectivity index (χ3n) is 1.90. The monoisotopic (exact) mass is 269 g/mol. The normalized spacial score (nSPS) is 10.2. The molecule has 0 bridgehead atoms. The summed E-state index contributed by atoms with van der Waals surface area (Å²) in [6, 6.07) is 2.70. The Balaban J connectivity index is 2.29. The maximum absolute atomic E-state index is 10.8. The standard InChI is InChI=1S/C10H8ClN3O2S/c1-5-4-17-10(12-5)14-8-3-6(9(15)16)2-7(11)13-8/h2-4H,1H3,(H,15,16)(H,12,13,14). The molecule has 2 aromatic rings. The van der Waals surface area contributed by atoms with Gasteiger partial charge in [0.15, 0.2) is 5.13 Å². The molecule has 0 amide bonds. The maximum Gasteiger partial charge on any atom is 0.335 e. The molecule has 0 spiro atoms. The van der Waals surface area contributed by atoms with E-state index in [-0.39, 0.29) is 10.7 Å². The zero-order chi connectivity index (χ0) is 12.4. The molecule has 0 aliphatic rings. The van der Waals surface area contributed by atoms with Gasteiger partial charge in [0.1, 0.15) is 11.0 Å². The first-order chi connectivity index (χ1) is 8.04.